The molecule has 0 aromatic heterocycles. The first-order valence-electron chi connectivity index (χ1n) is 3.24. The molecule has 0 bridgehead atoms. The van der Waals surface area contributed by atoms with Gasteiger partial charge in [0, 0.05) is 0 Å². The zero-order chi connectivity index (χ0) is 8.15. The number of carbonyl (C=O) groups is 1. The molecule has 0 rings (SSSR count). The van der Waals surface area contributed by atoms with Crippen molar-refractivity contribution in [2.45, 2.75) is 19.5 Å². The summed E-state index contributed by atoms with van der Waals surface area (Å²) in [6.45, 7) is 3.44. The third-order valence-corrected chi connectivity index (χ3v) is 3.28. The molecule has 2 unspecified atom stereocenters. The SMILES string of the molecule is CC[PH](=O)C(C)C(=O)OC. The Morgan fingerprint density at radius 1 is 1.70 bits per heavy atom. The molecule has 4 heteroatoms. The molecule has 0 aliphatic carbocycles. The second-order valence-electron chi connectivity index (χ2n) is 2.06. The smallest absolute Gasteiger partial charge is 0.315 e. The number of methoxy groups -OCH3 is 1. The molecule has 0 N–H and O–H groups in total. The molecule has 0 heterocycles. The molecule has 0 amide bonds. The van der Waals surface area contributed by atoms with Gasteiger partial charge in [0.1, 0.15) is 5.66 Å². The number of ether oxygens (including phenoxy) is 1. The first kappa shape index (κ1) is 9.70. The monoisotopic (exact) mass is 164 g/mol. The maximum Gasteiger partial charge on any atom is 0.315 e. The molecule has 0 aromatic rings. The maximum atomic E-state index is 11.0. The van der Waals surface area contributed by atoms with E-state index in [1.165, 1.54) is 7.11 Å². The van der Waals surface area contributed by atoms with E-state index in [2.05, 4.69) is 4.74 Å². The number of carbonyl (C=O) groups excluding carboxylic acids is 1. The van der Waals surface area contributed by atoms with Crippen molar-refractivity contribution < 1.29 is 14.1 Å². The maximum absolute atomic E-state index is 11.0. The molecular weight excluding hydrogens is 151 g/mol. The summed E-state index contributed by atoms with van der Waals surface area (Å²) in [4.78, 5) is 10.7. The zero-order valence-corrected chi connectivity index (χ0v) is 7.51. The molecule has 0 saturated carbocycles. The highest BCUT2D eigenvalue weighted by Gasteiger charge is 2.17. The Morgan fingerprint density at radius 3 is 2.50 bits per heavy atom. The Hall–Kier alpha value is -0.300. The zero-order valence-electron chi connectivity index (χ0n) is 6.51. The third kappa shape index (κ3) is 2.53. The van der Waals surface area contributed by atoms with Crippen molar-refractivity contribution in [2.75, 3.05) is 13.3 Å². The van der Waals surface area contributed by atoms with E-state index in [1.807, 2.05) is 0 Å². The summed E-state index contributed by atoms with van der Waals surface area (Å²) in [5.41, 5.74) is -0.417. The van der Waals surface area contributed by atoms with Gasteiger partial charge >= 0.3 is 5.97 Å². The van der Waals surface area contributed by atoms with E-state index in [4.69, 9.17) is 0 Å². The molecule has 3 nitrogen and oxygen atoms in total. The van der Waals surface area contributed by atoms with E-state index in [0.29, 0.717) is 6.16 Å². The fraction of sp³-hybridized carbons (Fsp3) is 0.833. The van der Waals surface area contributed by atoms with Crippen molar-refractivity contribution in [3.05, 3.63) is 0 Å². The van der Waals surface area contributed by atoms with Crippen LogP contribution < -0.4 is 0 Å². The van der Waals surface area contributed by atoms with E-state index in [-0.39, 0.29) is 5.97 Å². The molecule has 0 spiro atoms. The van der Waals surface area contributed by atoms with Crippen LogP contribution in [0, 0.1) is 0 Å². The van der Waals surface area contributed by atoms with Crippen LogP contribution in [-0.2, 0) is 14.1 Å². The fourth-order valence-corrected chi connectivity index (χ4v) is 1.61. The lowest BCUT2D eigenvalue weighted by molar-refractivity contribution is -0.139. The standard InChI is InChI=1S/C6H13O3P/c1-4-10(8)5(2)6(7)9-3/h5,10H,4H2,1-3H3. The highest BCUT2D eigenvalue weighted by atomic mass is 31.1. The van der Waals surface area contributed by atoms with Gasteiger partial charge in [0.15, 0.2) is 0 Å². The molecule has 0 aliphatic heterocycles. The molecular formula is C6H13O3P. The van der Waals surface area contributed by atoms with Gasteiger partial charge in [0.05, 0.1) is 14.9 Å². The van der Waals surface area contributed by atoms with E-state index >= 15 is 0 Å². The van der Waals surface area contributed by atoms with Crippen LogP contribution in [0.15, 0.2) is 0 Å². The fourth-order valence-electron chi connectivity index (χ4n) is 0.614. The number of hydrogen-bond acceptors (Lipinski definition) is 3. The van der Waals surface area contributed by atoms with Crippen molar-refractivity contribution in [1.82, 2.24) is 0 Å². The van der Waals surface area contributed by atoms with E-state index in [0.717, 1.165) is 0 Å². The number of esters is 1. The summed E-state index contributed by atoms with van der Waals surface area (Å²) in [5, 5.41) is 0. The third-order valence-electron chi connectivity index (χ3n) is 1.39. The topological polar surface area (TPSA) is 43.4 Å². The number of rotatable bonds is 3. The summed E-state index contributed by atoms with van der Waals surface area (Å²) < 4.78 is 15.4. The minimum Gasteiger partial charge on any atom is -0.468 e. The highest BCUT2D eigenvalue weighted by molar-refractivity contribution is 7.46. The van der Waals surface area contributed by atoms with Crippen molar-refractivity contribution >= 4 is 13.8 Å². The predicted octanol–water partition coefficient (Wildman–Crippen LogP) is 1.13. The van der Waals surface area contributed by atoms with Gasteiger partial charge in [-0.2, -0.15) is 0 Å². The number of hydrogen-bond donors (Lipinski definition) is 0. The van der Waals surface area contributed by atoms with E-state index in [1.54, 1.807) is 13.8 Å². The van der Waals surface area contributed by atoms with Gasteiger partial charge in [-0.15, -0.1) is 0 Å². The molecule has 2 atom stereocenters. The summed E-state index contributed by atoms with van der Waals surface area (Å²) >= 11 is 0. The first-order chi connectivity index (χ1) is 4.63. The van der Waals surface area contributed by atoms with E-state index < -0.39 is 13.5 Å². The van der Waals surface area contributed by atoms with Gasteiger partial charge in [-0.25, -0.2) is 0 Å². The molecule has 0 fully saturated rings. The van der Waals surface area contributed by atoms with Crippen molar-refractivity contribution in [3.8, 4) is 0 Å². The van der Waals surface area contributed by atoms with Crippen LogP contribution in [0.25, 0.3) is 0 Å². The van der Waals surface area contributed by atoms with Crippen molar-refractivity contribution in [3.63, 3.8) is 0 Å². The van der Waals surface area contributed by atoms with Crippen LogP contribution >= 0.6 is 7.80 Å². The Balaban J connectivity index is 3.94. The minimum atomic E-state index is -1.74. The van der Waals surface area contributed by atoms with Crippen LogP contribution in [0.5, 0.6) is 0 Å². The normalized spacial score (nSPS) is 15.9. The summed E-state index contributed by atoms with van der Waals surface area (Å²) in [6, 6.07) is 0. The largest absolute Gasteiger partial charge is 0.468 e. The molecule has 0 aliphatic rings. The van der Waals surface area contributed by atoms with Crippen LogP contribution in [0.2, 0.25) is 0 Å². The minimum absolute atomic E-state index is 0.370. The molecule has 10 heavy (non-hydrogen) atoms. The van der Waals surface area contributed by atoms with Gasteiger partial charge in [0.25, 0.3) is 0 Å². The Labute approximate surface area is 61.5 Å². The van der Waals surface area contributed by atoms with Gasteiger partial charge in [0.2, 0.25) is 0 Å². The molecule has 0 saturated heterocycles. The molecule has 0 aromatic carbocycles. The predicted molar refractivity (Wildman–Crippen MR) is 41.0 cm³/mol. The van der Waals surface area contributed by atoms with Gasteiger partial charge in [-0.05, 0) is 13.1 Å². The van der Waals surface area contributed by atoms with Gasteiger partial charge in [-0.3, -0.25) is 4.79 Å². The Morgan fingerprint density at radius 2 is 2.20 bits per heavy atom. The second kappa shape index (κ2) is 4.51. The van der Waals surface area contributed by atoms with E-state index in [9.17, 15) is 9.36 Å². The lowest BCUT2D eigenvalue weighted by atomic mass is 10.5. The van der Waals surface area contributed by atoms with Gasteiger partial charge < -0.3 is 9.30 Å². The Kier molecular flexibility index (Phi) is 4.37. The average Bonchev–Trinajstić information content (AvgIpc) is 2.00. The van der Waals surface area contributed by atoms with Crippen molar-refractivity contribution in [1.29, 1.82) is 0 Å². The molecule has 60 valence electrons. The second-order valence-corrected chi connectivity index (χ2v) is 4.57. The quantitative estimate of drug-likeness (QED) is 0.463. The lowest BCUT2D eigenvalue weighted by Crippen LogP contribution is -2.14. The van der Waals surface area contributed by atoms with Crippen LogP contribution in [-0.4, -0.2) is 24.9 Å². The van der Waals surface area contributed by atoms with Crippen molar-refractivity contribution in [2.24, 2.45) is 0 Å². The highest BCUT2D eigenvalue weighted by Crippen LogP contribution is 2.27. The summed E-state index contributed by atoms with van der Waals surface area (Å²) in [6.07, 6.45) is 0.570. The van der Waals surface area contributed by atoms with Gasteiger partial charge in [-0.1, -0.05) is 6.92 Å². The molecule has 0 radical (unpaired) electrons. The first-order valence-corrected chi connectivity index (χ1v) is 4.93. The summed E-state index contributed by atoms with van der Waals surface area (Å²) in [7, 11) is -0.433. The lowest BCUT2D eigenvalue weighted by Gasteiger charge is -2.05. The Bertz CT molecular complexity index is 128. The van der Waals surface area contributed by atoms with Crippen LogP contribution in [0.4, 0.5) is 0 Å². The van der Waals surface area contributed by atoms with Crippen LogP contribution in [0.3, 0.4) is 0 Å². The average molecular weight is 164 g/mol. The summed E-state index contributed by atoms with van der Waals surface area (Å²) in [5.74, 6) is -0.370. The van der Waals surface area contributed by atoms with Crippen LogP contribution in [0.1, 0.15) is 13.8 Å².